The molecule has 0 saturated carbocycles. The Morgan fingerprint density at radius 2 is 2.31 bits per heavy atom. The van der Waals surface area contributed by atoms with E-state index in [0.29, 0.717) is 5.92 Å². The van der Waals surface area contributed by atoms with Crippen LogP contribution in [0.1, 0.15) is 40.0 Å². The van der Waals surface area contributed by atoms with E-state index in [4.69, 9.17) is 5.26 Å². The number of thiocyanates is 1. The van der Waals surface area contributed by atoms with E-state index in [9.17, 15) is 0 Å². The summed E-state index contributed by atoms with van der Waals surface area (Å²) < 4.78 is 0.117. The van der Waals surface area contributed by atoms with Gasteiger partial charge in [0, 0.05) is 4.75 Å². The molecular formula is C11H17NS. The van der Waals surface area contributed by atoms with E-state index >= 15 is 0 Å². The first-order chi connectivity index (χ1) is 6.06. The van der Waals surface area contributed by atoms with Crippen molar-refractivity contribution in [2.45, 2.75) is 44.8 Å². The molecule has 0 aromatic heterocycles. The minimum absolute atomic E-state index is 0.117. The largest absolute Gasteiger partial charge is 0.185 e. The van der Waals surface area contributed by atoms with Crippen molar-refractivity contribution in [3.8, 4) is 5.40 Å². The highest BCUT2D eigenvalue weighted by Crippen LogP contribution is 2.39. The molecule has 0 fully saturated rings. The highest BCUT2D eigenvalue weighted by Gasteiger charge is 2.30. The van der Waals surface area contributed by atoms with Crippen molar-refractivity contribution in [3.63, 3.8) is 0 Å². The average Bonchev–Trinajstić information content (AvgIpc) is 2.05. The highest BCUT2D eigenvalue weighted by molar-refractivity contribution is 8.05. The second kappa shape index (κ2) is 4.19. The van der Waals surface area contributed by atoms with Crippen LogP contribution in [0.5, 0.6) is 0 Å². The number of hydrogen-bond acceptors (Lipinski definition) is 2. The fourth-order valence-electron chi connectivity index (χ4n) is 1.80. The average molecular weight is 195 g/mol. The minimum Gasteiger partial charge on any atom is -0.185 e. The van der Waals surface area contributed by atoms with E-state index < -0.39 is 0 Å². The molecular weight excluding hydrogens is 178 g/mol. The quantitative estimate of drug-likeness (QED) is 0.495. The summed E-state index contributed by atoms with van der Waals surface area (Å²) in [5.74, 6) is 0.667. The fourth-order valence-corrected chi connectivity index (χ4v) is 2.41. The third-order valence-corrected chi connectivity index (χ3v) is 3.88. The SMILES string of the molecule is CC1=CC[C@H](C(C)(C)SC#N)CC1. The molecule has 1 atom stereocenters. The molecule has 1 aliphatic carbocycles. The molecule has 0 radical (unpaired) electrons. The molecule has 0 amide bonds. The van der Waals surface area contributed by atoms with Gasteiger partial charge in [0.1, 0.15) is 5.40 Å². The molecule has 0 aromatic rings. The van der Waals surface area contributed by atoms with Crippen molar-refractivity contribution >= 4 is 11.8 Å². The fraction of sp³-hybridized carbons (Fsp3) is 0.727. The second-order valence-electron chi connectivity index (χ2n) is 4.32. The molecule has 0 aliphatic heterocycles. The van der Waals surface area contributed by atoms with Crippen molar-refractivity contribution in [2.24, 2.45) is 5.92 Å². The molecule has 0 spiro atoms. The van der Waals surface area contributed by atoms with Crippen molar-refractivity contribution in [3.05, 3.63) is 11.6 Å². The predicted octanol–water partition coefficient (Wildman–Crippen LogP) is 3.73. The van der Waals surface area contributed by atoms with Crippen LogP contribution in [0, 0.1) is 16.6 Å². The van der Waals surface area contributed by atoms with Crippen LogP contribution < -0.4 is 0 Å². The summed E-state index contributed by atoms with van der Waals surface area (Å²) >= 11 is 1.42. The lowest BCUT2D eigenvalue weighted by Crippen LogP contribution is -2.28. The Bertz CT molecular complexity index is 247. The molecule has 0 N–H and O–H groups in total. The summed E-state index contributed by atoms with van der Waals surface area (Å²) in [7, 11) is 0. The van der Waals surface area contributed by atoms with Gasteiger partial charge in [-0.2, -0.15) is 5.26 Å². The molecule has 0 heterocycles. The Morgan fingerprint density at radius 1 is 1.62 bits per heavy atom. The molecule has 0 bridgehead atoms. The summed E-state index contributed by atoms with van der Waals surface area (Å²) in [5.41, 5.74) is 1.51. The topological polar surface area (TPSA) is 23.8 Å². The van der Waals surface area contributed by atoms with E-state index in [1.807, 2.05) is 0 Å². The lowest BCUT2D eigenvalue weighted by atomic mass is 9.82. The number of allylic oxidation sites excluding steroid dienone is 2. The zero-order valence-electron chi connectivity index (χ0n) is 8.63. The van der Waals surface area contributed by atoms with Gasteiger partial charge in [-0.15, -0.1) is 0 Å². The van der Waals surface area contributed by atoms with Crippen molar-refractivity contribution in [1.82, 2.24) is 0 Å². The second-order valence-corrected chi connectivity index (χ2v) is 5.76. The minimum atomic E-state index is 0.117. The molecule has 0 saturated heterocycles. The highest BCUT2D eigenvalue weighted by atomic mass is 32.2. The van der Waals surface area contributed by atoms with Crippen molar-refractivity contribution in [2.75, 3.05) is 0 Å². The maximum absolute atomic E-state index is 8.68. The van der Waals surface area contributed by atoms with Gasteiger partial charge in [-0.3, -0.25) is 0 Å². The van der Waals surface area contributed by atoms with Gasteiger partial charge in [0.25, 0.3) is 0 Å². The van der Waals surface area contributed by atoms with Crippen LogP contribution in [-0.4, -0.2) is 4.75 Å². The zero-order chi connectivity index (χ0) is 9.90. The lowest BCUT2D eigenvalue weighted by molar-refractivity contribution is 0.385. The van der Waals surface area contributed by atoms with Crippen LogP contribution in [-0.2, 0) is 0 Å². The summed E-state index contributed by atoms with van der Waals surface area (Å²) in [5, 5.41) is 10.9. The maximum atomic E-state index is 8.68. The Morgan fingerprint density at radius 3 is 2.77 bits per heavy atom. The Labute approximate surface area is 85.2 Å². The van der Waals surface area contributed by atoms with Crippen molar-refractivity contribution in [1.29, 1.82) is 5.26 Å². The Hall–Kier alpha value is -0.420. The smallest absolute Gasteiger partial charge is 0.133 e. The van der Waals surface area contributed by atoms with Crippen LogP contribution in [0.25, 0.3) is 0 Å². The van der Waals surface area contributed by atoms with Crippen LogP contribution >= 0.6 is 11.8 Å². The zero-order valence-corrected chi connectivity index (χ0v) is 9.45. The van der Waals surface area contributed by atoms with Gasteiger partial charge in [-0.25, -0.2) is 0 Å². The Kier molecular flexibility index (Phi) is 3.44. The van der Waals surface area contributed by atoms with Gasteiger partial charge < -0.3 is 0 Å². The Balaban J connectivity index is 2.59. The first-order valence-corrected chi connectivity index (χ1v) is 5.60. The van der Waals surface area contributed by atoms with Gasteiger partial charge >= 0.3 is 0 Å². The lowest BCUT2D eigenvalue weighted by Gasteiger charge is -2.33. The van der Waals surface area contributed by atoms with Crippen molar-refractivity contribution < 1.29 is 0 Å². The van der Waals surface area contributed by atoms with Crippen LogP contribution in [0.3, 0.4) is 0 Å². The van der Waals surface area contributed by atoms with Gasteiger partial charge in [0.05, 0.1) is 0 Å². The number of nitriles is 1. The van der Waals surface area contributed by atoms with Gasteiger partial charge in [-0.05, 0) is 57.7 Å². The molecule has 0 unspecified atom stereocenters. The summed E-state index contributed by atoms with van der Waals surface area (Å²) in [6.07, 6.45) is 5.92. The van der Waals surface area contributed by atoms with E-state index in [-0.39, 0.29) is 4.75 Å². The molecule has 2 heteroatoms. The molecule has 1 rings (SSSR count). The molecule has 1 aliphatic rings. The summed E-state index contributed by atoms with van der Waals surface area (Å²) in [6, 6.07) is 0. The van der Waals surface area contributed by atoms with E-state index in [2.05, 4.69) is 32.2 Å². The number of hydrogen-bond donors (Lipinski definition) is 0. The standard InChI is InChI=1S/C11H17NS/c1-9-4-6-10(7-5-9)11(2,3)13-8-12/h4,10H,5-7H2,1-3H3/t10-/m0/s1. The van der Waals surface area contributed by atoms with Gasteiger partial charge in [0.2, 0.25) is 0 Å². The first-order valence-electron chi connectivity index (χ1n) is 4.79. The summed E-state index contributed by atoms with van der Waals surface area (Å²) in [4.78, 5) is 0. The molecule has 0 aromatic carbocycles. The molecule has 72 valence electrons. The number of rotatable bonds is 2. The molecule has 13 heavy (non-hydrogen) atoms. The third kappa shape index (κ3) is 2.77. The normalized spacial score (nSPS) is 23.5. The van der Waals surface area contributed by atoms with Gasteiger partial charge in [-0.1, -0.05) is 11.6 Å². The predicted molar refractivity (Wildman–Crippen MR) is 58.4 cm³/mol. The number of thioether (sulfide) groups is 1. The first kappa shape index (κ1) is 10.7. The molecule has 1 nitrogen and oxygen atoms in total. The van der Waals surface area contributed by atoms with Gasteiger partial charge in [0.15, 0.2) is 0 Å². The monoisotopic (exact) mass is 195 g/mol. The van der Waals surface area contributed by atoms with E-state index in [1.54, 1.807) is 0 Å². The van der Waals surface area contributed by atoms with Crippen LogP contribution in [0.2, 0.25) is 0 Å². The van der Waals surface area contributed by atoms with Crippen LogP contribution in [0.15, 0.2) is 11.6 Å². The van der Waals surface area contributed by atoms with E-state index in [1.165, 1.54) is 30.2 Å². The summed E-state index contributed by atoms with van der Waals surface area (Å²) in [6.45, 7) is 6.56. The third-order valence-electron chi connectivity index (χ3n) is 2.93. The van der Waals surface area contributed by atoms with E-state index in [0.717, 1.165) is 6.42 Å². The van der Waals surface area contributed by atoms with Crippen LogP contribution in [0.4, 0.5) is 0 Å². The number of nitrogens with zero attached hydrogens (tertiary/aromatic N) is 1. The maximum Gasteiger partial charge on any atom is 0.133 e.